The molecule has 2 saturated heterocycles. The van der Waals surface area contributed by atoms with Gasteiger partial charge >= 0.3 is 0 Å². The van der Waals surface area contributed by atoms with Crippen molar-refractivity contribution in [3.05, 3.63) is 33.7 Å². The number of nitrogens with one attached hydrogen (secondary N) is 1. The van der Waals surface area contributed by atoms with Crippen molar-refractivity contribution >= 4 is 5.91 Å². The van der Waals surface area contributed by atoms with Gasteiger partial charge in [0.1, 0.15) is 0 Å². The second-order valence-corrected chi connectivity index (χ2v) is 8.09. The first kappa shape index (κ1) is 16.2. The van der Waals surface area contributed by atoms with Gasteiger partial charge in [0, 0.05) is 48.9 Å². The minimum absolute atomic E-state index is 0.000570. The normalized spacial score (nSPS) is 27.7. The maximum Gasteiger partial charge on any atom is 0.254 e. The van der Waals surface area contributed by atoms with Gasteiger partial charge in [0.15, 0.2) is 0 Å². The summed E-state index contributed by atoms with van der Waals surface area (Å²) in [7, 11) is 2.14. The van der Waals surface area contributed by atoms with Crippen LogP contribution in [0.5, 0.6) is 0 Å². The molecule has 2 fully saturated rings. The van der Waals surface area contributed by atoms with Gasteiger partial charge in [0.2, 0.25) is 5.56 Å². The summed E-state index contributed by atoms with van der Waals surface area (Å²) in [6, 6.07) is 3.29. The van der Waals surface area contributed by atoms with Crippen LogP contribution >= 0.6 is 0 Å². The van der Waals surface area contributed by atoms with Gasteiger partial charge in [0.25, 0.3) is 5.91 Å². The summed E-state index contributed by atoms with van der Waals surface area (Å²) in [6.07, 6.45) is 0.779. The molecule has 0 aliphatic carbocycles. The number of carbonyl (C=O) groups is 1. The minimum atomic E-state index is -0.183. The smallest absolute Gasteiger partial charge is 0.254 e. The Morgan fingerprint density at radius 3 is 2.74 bits per heavy atom. The van der Waals surface area contributed by atoms with Gasteiger partial charge in [-0.2, -0.15) is 0 Å². The van der Waals surface area contributed by atoms with Crippen LogP contribution in [0.2, 0.25) is 0 Å². The number of fused-ring (bicyclic) bond motifs is 1. The van der Waals surface area contributed by atoms with Gasteiger partial charge in [-0.15, -0.1) is 0 Å². The van der Waals surface area contributed by atoms with E-state index in [2.05, 4.69) is 37.7 Å². The number of aromatic nitrogens is 1. The summed E-state index contributed by atoms with van der Waals surface area (Å²) in [5.74, 6) is 0.976. The zero-order valence-corrected chi connectivity index (χ0v) is 14.6. The molecule has 5 heteroatoms. The number of rotatable bonds is 3. The molecule has 0 spiro atoms. The summed E-state index contributed by atoms with van der Waals surface area (Å²) in [5.41, 5.74) is 1.38. The van der Waals surface area contributed by atoms with E-state index < -0.39 is 0 Å². The van der Waals surface area contributed by atoms with Crippen molar-refractivity contribution in [3.63, 3.8) is 0 Å². The lowest BCUT2D eigenvalue weighted by Crippen LogP contribution is -2.35. The molecule has 2 aliphatic rings. The van der Waals surface area contributed by atoms with Gasteiger partial charge in [0.05, 0.1) is 0 Å². The lowest BCUT2D eigenvalue weighted by Gasteiger charge is -2.24. The third-order valence-electron chi connectivity index (χ3n) is 5.20. The highest BCUT2D eigenvalue weighted by atomic mass is 16.2. The molecule has 1 aromatic rings. The van der Waals surface area contributed by atoms with Crippen LogP contribution in [0.4, 0.5) is 0 Å². The molecule has 1 N–H and O–H groups in total. The first-order valence-corrected chi connectivity index (χ1v) is 8.48. The maximum absolute atomic E-state index is 12.9. The van der Waals surface area contributed by atoms with Crippen LogP contribution in [0.25, 0.3) is 0 Å². The minimum Gasteiger partial charge on any atom is -0.338 e. The van der Waals surface area contributed by atoms with E-state index in [0.29, 0.717) is 17.4 Å². The molecule has 5 nitrogen and oxygen atoms in total. The van der Waals surface area contributed by atoms with Crippen molar-refractivity contribution in [2.45, 2.75) is 27.2 Å². The van der Waals surface area contributed by atoms with E-state index in [1.54, 1.807) is 0 Å². The van der Waals surface area contributed by atoms with E-state index >= 15 is 0 Å². The van der Waals surface area contributed by atoms with Crippen LogP contribution in [0.3, 0.4) is 0 Å². The number of pyridine rings is 1. The van der Waals surface area contributed by atoms with Crippen LogP contribution in [0, 0.1) is 17.3 Å². The van der Waals surface area contributed by atoms with Crippen LogP contribution in [0.15, 0.2) is 16.9 Å². The summed E-state index contributed by atoms with van der Waals surface area (Å²) in [4.78, 5) is 31.9. The molecule has 1 amide bonds. The fourth-order valence-corrected chi connectivity index (χ4v) is 4.24. The standard InChI is InChI=1S/C18H27N3O2/c1-12(2)5-15-6-13(7-16(22)19-15)17(23)21-9-14-8-20(4)10-18(14,3)11-21/h6-7,12,14H,5,8-11H2,1-4H3,(H,19,22)/t14-,18+/m0/s1. The summed E-state index contributed by atoms with van der Waals surface area (Å²) in [6.45, 7) is 10.1. The second kappa shape index (κ2) is 5.78. The number of likely N-dealkylation sites (tertiary alicyclic amines) is 2. The molecule has 2 atom stereocenters. The topological polar surface area (TPSA) is 56.4 Å². The van der Waals surface area contributed by atoms with E-state index in [1.165, 1.54) is 6.07 Å². The molecule has 2 aliphatic heterocycles. The third-order valence-corrected chi connectivity index (χ3v) is 5.20. The Morgan fingerprint density at radius 2 is 2.09 bits per heavy atom. The highest BCUT2D eigenvalue weighted by molar-refractivity contribution is 5.94. The zero-order chi connectivity index (χ0) is 16.8. The Labute approximate surface area is 137 Å². The molecule has 3 heterocycles. The Kier molecular flexibility index (Phi) is 4.08. The van der Waals surface area contributed by atoms with E-state index in [9.17, 15) is 9.59 Å². The predicted molar refractivity (Wildman–Crippen MR) is 90.6 cm³/mol. The van der Waals surface area contributed by atoms with Gasteiger partial charge < -0.3 is 14.8 Å². The molecule has 0 bridgehead atoms. The summed E-state index contributed by atoms with van der Waals surface area (Å²) in [5, 5.41) is 0. The maximum atomic E-state index is 12.9. The molecule has 0 radical (unpaired) electrons. The Balaban J connectivity index is 1.79. The SMILES string of the molecule is CC(C)Cc1cc(C(=O)N2C[C@@H]3CN(C)C[C@]3(C)C2)cc(=O)[nH]1. The number of amides is 1. The molecule has 0 aromatic carbocycles. The molecule has 3 rings (SSSR count). The van der Waals surface area contributed by atoms with E-state index in [4.69, 9.17) is 0 Å². The van der Waals surface area contributed by atoms with E-state index in [-0.39, 0.29) is 16.9 Å². The monoisotopic (exact) mass is 317 g/mol. The zero-order valence-electron chi connectivity index (χ0n) is 14.6. The molecule has 126 valence electrons. The highest BCUT2D eigenvalue weighted by Gasteiger charge is 2.49. The number of aromatic amines is 1. The molecule has 23 heavy (non-hydrogen) atoms. The van der Waals surface area contributed by atoms with Gasteiger partial charge in [-0.25, -0.2) is 0 Å². The van der Waals surface area contributed by atoms with Crippen molar-refractivity contribution in [1.82, 2.24) is 14.8 Å². The van der Waals surface area contributed by atoms with Crippen molar-refractivity contribution in [2.75, 3.05) is 33.2 Å². The first-order chi connectivity index (χ1) is 10.8. The van der Waals surface area contributed by atoms with E-state index in [0.717, 1.165) is 38.3 Å². The number of H-pyrrole nitrogens is 1. The lowest BCUT2D eigenvalue weighted by molar-refractivity contribution is 0.0765. The Bertz CT molecular complexity index is 666. The molecular formula is C18H27N3O2. The quantitative estimate of drug-likeness (QED) is 0.921. The van der Waals surface area contributed by atoms with Crippen molar-refractivity contribution in [3.8, 4) is 0 Å². The van der Waals surface area contributed by atoms with Crippen molar-refractivity contribution < 1.29 is 4.79 Å². The molecular weight excluding hydrogens is 290 g/mol. The lowest BCUT2D eigenvalue weighted by atomic mass is 9.83. The average molecular weight is 317 g/mol. The fraction of sp³-hybridized carbons (Fsp3) is 0.667. The number of nitrogens with zero attached hydrogens (tertiary/aromatic N) is 2. The van der Waals surface area contributed by atoms with Gasteiger partial charge in [-0.3, -0.25) is 9.59 Å². The largest absolute Gasteiger partial charge is 0.338 e. The Morgan fingerprint density at radius 1 is 1.35 bits per heavy atom. The summed E-state index contributed by atoms with van der Waals surface area (Å²) >= 11 is 0. The van der Waals surface area contributed by atoms with Crippen LogP contribution in [-0.2, 0) is 6.42 Å². The average Bonchev–Trinajstić information content (AvgIpc) is 2.86. The van der Waals surface area contributed by atoms with Gasteiger partial charge in [-0.1, -0.05) is 20.8 Å². The van der Waals surface area contributed by atoms with E-state index in [1.807, 2.05) is 11.0 Å². The van der Waals surface area contributed by atoms with Crippen LogP contribution < -0.4 is 5.56 Å². The second-order valence-electron chi connectivity index (χ2n) is 8.09. The molecule has 0 unspecified atom stereocenters. The third kappa shape index (κ3) is 3.20. The van der Waals surface area contributed by atoms with Gasteiger partial charge in [-0.05, 0) is 31.4 Å². The highest BCUT2D eigenvalue weighted by Crippen LogP contribution is 2.41. The fourth-order valence-electron chi connectivity index (χ4n) is 4.24. The predicted octanol–water partition coefficient (Wildman–Crippen LogP) is 1.60. The molecule has 1 aromatic heterocycles. The van der Waals surface area contributed by atoms with Crippen LogP contribution in [-0.4, -0.2) is 53.9 Å². The number of carbonyl (C=O) groups excluding carboxylic acids is 1. The summed E-state index contributed by atoms with van der Waals surface area (Å²) < 4.78 is 0. The van der Waals surface area contributed by atoms with Crippen molar-refractivity contribution in [2.24, 2.45) is 17.3 Å². The number of hydrogen-bond donors (Lipinski definition) is 1. The first-order valence-electron chi connectivity index (χ1n) is 8.48. The molecule has 0 saturated carbocycles. The number of hydrogen-bond acceptors (Lipinski definition) is 3. The Hall–Kier alpha value is -1.62. The van der Waals surface area contributed by atoms with Crippen molar-refractivity contribution in [1.29, 1.82) is 0 Å². The van der Waals surface area contributed by atoms with Crippen LogP contribution in [0.1, 0.15) is 36.8 Å².